The zero-order chi connectivity index (χ0) is 15.4. The number of carbonyl (C=O) groups is 1. The number of aromatic nitrogens is 1. The van der Waals surface area contributed by atoms with Gasteiger partial charge in [-0.3, -0.25) is 0 Å². The van der Waals surface area contributed by atoms with E-state index in [-0.39, 0.29) is 5.69 Å². The monoisotopic (exact) mass is 293 g/mol. The number of rotatable bonds is 4. The standard InChI is InChI=1S/C18H15NO3/c1-2-21-18(20)16-12-22-17(19-16)15-10-8-14(9-11-15)13-6-4-3-5-7-13/h3-12H,2H2,1H3. The van der Waals surface area contributed by atoms with Crippen LogP contribution < -0.4 is 0 Å². The predicted molar refractivity (Wildman–Crippen MR) is 83.3 cm³/mol. The van der Waals surface area contributed by atoms with E-state index < -0.39 is 5.97 Å². The molecule has 0 fully saturated rings. The molecule has 4 heteroatoms. The van der Waals surface area contributed by atoms with Gasteiger partial charge in [0.15, 0.2) is 5.69 Å². The molecule has 3 rings (SSSR count). The molecule has 0 unspecified atom stereocenters. The summed E-state index contributed by atoms with van der Waals surface area (Å²) in [7, 11) is 0. The van der Waals surface area contributed by atoms with Crippen LogP contribution in [0.5, 0.6) is 0 Å². The van der Waals surface area contributed by atoms with Gasteiger partial charge in [0.1, 0.15) is 6.26 Å². The summed E-state index contributed by atoms with van der Waals surface area (Å²) in [6.45, 7) is 2.06. The van der Waals surface area contributed by atoms with E-state index >= 15 is 0 Å². The summed E-state index contributed by atoms with van der Waals surface area (Å²) in [5, 5.41) is 0. The lowest BCUT2D eigenvalue weighted by molar-refractivity contribution is 0.0519. The third-order valence-electron chi connectivity index (χ3n) is 3.23. The van der Waals surface area contributed by atoms with E-state index in [2.05, 4.69) is 17.1 Å². The second-order valence-corrected chi connectivity index (χ2v) is 4.70. The zero-order valence-corrected chi connectivity index (χ0v) is 12.2. The van der Waals surface area contributed by atoms with Crippen LogP contribution in [0.25, 0.3) is 22.6 Å². The quantitative estimate of drug-likeness (QED) is 0.677. The number of carbonyl (C=O) groups excluding carboxylic acids is 1. The second-order valence-electron chi connectivity index (χ2n) is 4.70. The van der Waals surface area contributed by atoms with Crippen LogP contribution in [0.2, 0.25) is 0 Å². The third-order valence-corrected chi connectivity index (χ3v) is 3.23. The first-order chi connectivity index (χ1) is 10.8. The molecule has 1 aromatic heterocycles. The van der Waals surface area contributed by atoms with Crippen molar-refractivity contribution >= 4 is 5.97 Å². The van der Waals surface area contributed by atoms with Crippen LogP contribution in [0.15, 0.2) is 65.3 Å². The van der Waals surface area contributed by atoms with E-state index in [0.29, 0.717) is 12.5 Å². The van der Waals surface area contributed by atoms with E-state index in [1.54, 1.807) is 6.92 Å². The lowest BCUT2D eigenvalue weighted by atomic mass is 10.0. The Morgan fingerprint density at radius 1 is 1.00 bits per heavy atom. The number of benzene rings is 2. The minimum Gasteiger partial charge on any atom is -0.461 e. The largest absolute Gasteiger partial charge is 0.461 e. The lowest BCUT2D eigenvalue weighted by Crippen LogP contribution is -2.04. The van der Waals surface area contributed by atoms with E-state index in [4.69, 9.17) is 9.15 Å². The van der Waals surface area contributed by atoms with Crippen molar-refractivity contribution in [3.8, 4) is 22.6 Å². The summed E-state index contributed by atoms with van der Waals surface area (Å²) < 4.78 is 10.2. The number of hydrogen-bond donors (Lipinski definition) is 0. The highest BCUT2D eigenvalue weighted by molar-refractivity contribution is 5.87. The van der Waals surface area contributed by atoms with Gasteiger partial charge in [-0.15, -0.1) is 0 Å². The van der Waals surface area contributed by atoms with E-state index in [1.165, 1.54) is 6.26 Å². The van der Waals surface area contributed by atoms with Gasteiger partial charge >= 0.3 is 5.97 Å². The van der Waals surface area contributed by atoms with Gasteiger partial charge in [-0.2, -0.15) is 0 Å². The van der Waals surface area contributed by atoms with Crippen molar-refractivity contribution in [2.75, 3.05) is 6.61 Å². The van der Waals surface area contributed by atoms with Gasteiger partial charge in [0, 0.05) is 5.56 Å². The minimum absolute atomic E-state index is 0.184. The van der Waals surface area contributed by atoms with E-state index in [1.807, 2.05) is 42.5 Å². The Bertz CT molecular complexity index is 761. The molecule has 2 aromatic carbocycles. The Morgan fingerprint density at radius 3 is 2.32 bits per heavy atom. The highest BCUT2D eigenvalue weighted by atomic mass is 16.5. The van der Waals surface area contributed by atoms with Crippen molar-refractivity contribution in [1.82, 2.24) is 4.98 Å². The summed E-state index contributed by atoms with van der Waals surface area (Å²) in [4.78, 5) is 15.7. The van der Waals surface area contributed by atoms with Crippen molar-refractivity contribution in [3.63, 3.8) is 0 Å². The summed E-state index contributed by atoms with van der Waals surface area (Å²) >= 11 is 0. The summed E-state index contributed by atoms with van der Waals surface area (Å²) in [6.07, 6.45) is 1.32. The first-order valence-electron chi connectivity index (χ1n) is 7.06. The molecule has 0 saturated heterocycles. The molecular formula is C18H15NO3. The molecule has 0 saturated carbocycles. The third kappa shape index (κ3) is 2.91. The number of nitrogens with zero attached hydrogens (tertiary/aromatic N) is 1. The molecule has 0 aliphatic rings. The molecule has 1 heterocycles. The topological polar surface area (TPSA) is 52.3 Å². The fourth-order valence-corrected chi connectivity index (χ4v) is 2.14. The summed E-state index contributed by atoms with van der Waals surface area (Å²) in [6, 6.07) is 17.9. The van der Waals surface area contributed by atoms with Crippen molar-refractivity contribution in [2.45, 2.75) is 6.92 Å². The predicted octanol–water partition coefficient (Wildman–Crippen LogP) is 4.19. The molecule has 0 bridgehead atoms. The maximum absolute atomic E-state index is 11.6. The van der Waals surface area contributed by atoms with Gasteiger partial charge in [0.25, 0.3) is 0 Å². The van der Waals surface area contributed by atoms with Crippen LogP contribution in [-0.4, -0.2) is 17.6 Å². The average molecular weight is 293 g/mol. The molecular weight excluding hydrogens is 278 g/mol. The molecule has 110 valence electrons. The number of esters is 1. The average Bonchev–Trinajstić information content (AvgIpc) is 3.06. The van der Waals surface area contributed by atoms with Gasteiger partial charge < -0.3 is 9.15 Å². The molecule has 22 heavy (non-hydrogen) atoms. The normalized spacial score (nSPS) is 10.4. The smallest absolute Gasteiger partial charge is 0.360 e. The van der Waals surface area contributed by atoms with Crippen LogP contribution >= 0.6 is 0 Å². The molecule has 0 atom stereocenters. The zero-order valence-electron chi connectivity index (χ0n) is 12.2. The molecule has 0 radical (unpaired) electrons. The number of ether oxygens (including phenoxy) is 1. The molecule has 3 aromatic rings. The van der Waals surface area contributed by atoms with Gasteiger partial charge in [-0.25, -0.2) is 9.78 Å². The summed E-state index contributed by atoms with van der Waals surface area (Å²) in [5.74, 6) is -0.0685. The molecule has 4 nitrogen and oxygen atoms in total. The maximum Gasteiger partial charge on any atom is 0.360 e. The number of oxazole rings is 1. The van der Waals surface area contributed by atoms with Crippen molar-refractivity contribution < 1.29 is 13.9 Å². The Balaban J connectivity index is 1.83. The van der Waals surface area contributed by atoms with Crippen molar-refractivity contribution in [2.24, 2.45) is 0 Å². The van der Waals surface area contributed by atoms with Gasteiger partial charge in [-0.1, -0.05) is 42.5 Å². The van der Waals surface area contributed by atoms with E-state index in [0.717, 1.165) is 16.7 Å². The molecule has 0 amide bonds. The van der Waals surface area contributed by atoms with Crippen LogP contribution in [-0.2, 0) is 4.74 Å². The Hall–Kier alpha value is -2.88. The Morgan fingerprint density at radius 2 is 1.64 bits per heavy atom. The highest BCUT2D eigenvalue weighted by Gasteiger charge is 2.14. The molecule has 0 spiro atoms. The molecule has 0 N–H and O–H groups in total. The van der Waals surface area contributed by atoms with Gasteiger partial charge in [-0.05, 0) is 30.2 Å². The maximum atomic E-state index is 11.6. The number of hydrogen-bond acceptors (Lipinski definition) is 4. The highest BCUT2D eigenvalue weighted by Crippen LogP contribution is 2.24. The van der Waals surface area contributed by atoms with Crippen LogP contribution in [0.3, 0.4) is 0 Å². The second kappa shape index (κ2) is 6.26. The van der Waals surface area contributed by atoms with Crippen molar-refractivity contribution in [3.05, 3.63) is 66.6 Å². The first kappa shape index (κ1) is 14.1. The molecule has 0 aliphatic heterocycles. The lowest BCUT2D eigenvalue weighted by Gasteiger charge is -2.02. The van der Waals surface area contributed by atoms with Gasteiger partial charge in [0.05, 0.1) is 6.61 Å². The fourth-order valence-electron chi connectivity index (χ4n) is 2.14. The van der Waals surface area contributed by atoms with Crippen LogP contribution in [0.4, 0.5) is 0 Å². The first-order valence-corrected chi connectivity index (χ1v) is 7.06. The Kier molecular flexibility index (Phi) is 4.01. The molecule has 0 aliphatic carbocycles. The van der Waals surface area contributed by atoms with Gasteiger partial charge in [0.2, 0.25) is 5.89 Å². The fraction of sp³-hybridized carbons (Fsp3) is 0.111. The van der Waals surface area contributed by atoms with Crippen LogP contribution in [0, 0.1) is 0 Å². The summed E-state index contributed by atoms with van der Waals surface area (Å²) in [5.41, 5.74) is 3.26. The Labute approximate surface area is 128 Å². The van der Waals surface area contributed by atoms with Crippen LogP contribution in [0.1, 0.15) is 17.4 Å². The van der Waals surface area contributed by atoms with Crippen molar-refractivity contribution in [1.29, 1.82) is 0 Å². The minimum atomic E-state index is -0.474. The van der Waals surface area contributed by atoms with E-state index in [9.17, 15) is 4.79 Å². The SMILES string of the molecule is CCOC(=O)c1coc(-c2ccc(-c3ccccc3)cc2)n1.